The van der Waals surface area contributed by atoms with Crippen LogP contribution in [0.4, 0.5) is 5.69 Å². The zero-order valence-electron chi connectivity index (χ0n) is 10.3. The number of hydrogen-bond acceptors (Lipinski definition) is 6. The molecule has 0 unspecified atom stereocenters. The number of ether oxygens (including phenoxy) is 1. The monoisotopic (exact) mass is 285 g/mol. The van der Waals surface area contributed by atoms with Crippen molar-refractivity contribution in [2.45, 2.75) is 25.7 Å². The van der Waals surface area contributed by atoms with Gasteiger partial charge in [0.1, 0.15) is 11.9 Å². The summed E-state index contributed by atoms with van der Waals surface area (Å²) < 4.78 is 4.78. The van der Waals surface area contributed by atoms with E-state index in [1.807, 2.05) is 0 Å². The van der Waals surface area contributed by atoms with E-state index in [9.17, 15) is 14.9 Å². The van der Waals surface area contributed by atoms with Gasteiger partial charge in [0.15, 0.2) is 0 Å². The molecular formula is C11H12ClN3O4. The second-order valence-corrected chi connectivity index (χ2v) is 4.87. The normalized spacial score (nSPS) is 16.5. The SMILES string of the molecule is COC(=O)C1(Cc2nc(Cl)ncc2[N+](=O)[O-])CCC1. The molecule has 0 radical (unpaired) electrons. The van der Waals surface area contributed by atoms with Crippen LogP contribution in [0.15, 0.2) is 6.20 Å². The Hall–Kier alpha value is -1.76. The van der Waals surface area contributed by atoms with Crippen molar-refractivity contribution in [3.8, 4) is 0 Å². The molecule has 0 N–H and O–H groups in total. The molecule has 8 heteroatoms. The van der Waals surface area contributed by atoms with Crippen molar-refractivity contribution in [3.63, 3.8) is 0 Å². The fourth-order valence-corrected chi connectivity index (χ4v) is 2.41. The van der Waals surface area contributed by atoms with Gasteiger partial charge >= 0.3 is 11.7 Å². The maximum absolute atomic E-state index is 11.8. The molecule has 2 rings (SSSR count). The standard InChI is InChI=1S/C11H12ClN3O4/c1-19-9(16)11(3-2-4-11)5-7-8(15(17)18)6-13-10(12)14-7/h6H,2-5H2,1H3. The van der Waals surface area contributed by atoms with Crippen molar-refractivity contribution < 1.29 is 14.5 Å². The minimum Gasteiger partial charge on any atom is -0.469 e. The number of nitrogens with zero attached hydrogens (tertiary/aromatic N) is 3. The molecule has 1 fully saturated rings. The molecule has 0 saturated heterocycles. The van der Waals surface area contributed by atoms with Crippen LogP contribution in [0.3, 0.4) is 0 Å². The predicted molar refractivity (Wildman–Crippen MR) is 65.7 cm³/mol. The van der Waals surface area contributed by atoms with Crippen molar-refractivity contribution in [1.82, 2.24) is 9.97 Å². The predicted octanol–water partition coefficient (Wildman–Crippen LogP) is 1.92. The Kier molecular flexibility index (Phi) is 3.66. The van der Waals surface area contributed by atoms with Gasteiger partial charge in [-0.25, -0.2) is 9.97 Å². The van der Waals surface area contributed by atoms with Crippen molar-refractivity contribution >= 4 is 23.3 Å². The molecule has 0 amide bonds. The van der Waals surface area contributed by atoms with Crippen LogP contribution in [0.1, 0.15) is 25.0 Å². The Bertz CT molecular complexity index is 531. The summed E-state index contributed by atoms with van der Waals surface area (Å²) in [5, 5.41) is 10.9. The molecule has 1 aromatic rings. The van der Waals surface area contributed by atoms with Crippen LogP contribution >= 0.6 is 11.6 Å². The van der Waals surface area contributed by atoms with E-state index in [1.54, 1.807) is 0 Å². The lowest BCUT2D eigenvalue weighted by Gasteiger charge is -2.38. The maximum Gasteiger partial charge on any atom is 0.312 e. The van der Waals surface area contributed by atoms with Crippen LogP contribution in [0, 0.1) is 15.5 Å². The zero-order chi connectivity index (χ0) is 14.0. The van der Waals surface area contributed by atoms with Crippen LogP contribution in [-0.4, -0.2) is 28.0 Å². The number of esters is 1. The fraction of sp³-hybridized carbons (Fsp3) is 0.545. The molecule has 1 aliphatic carbocycles. The first kappa shape index (κ1) is 13.7. The number of rotatable bonds is 4. The first-order valence-corrected chi connectivity index (χ1v) is 6.10. The van der Waals surface area contributed by atoms with Crippen molar-refractivity contribution in [3.05, 3.63) is 27.3 Å². The molecule has 0 spiro atoms. The van der Waals surface area contributed by atoms with Gasteiger partial charge in [0.2, 0.25) is 5.28 Å². The minimum atomic E-state index is -0.711. The third-order valence-electron chi connectivity index (χ3n) is 3.45. The van der Waals surface area contributed by atoms with Crippen LogP contribution < -0.4 is 0 Å². The average Bonchev–Trinajstić information content (AvgIpc) is 2.32. The highest BCUT2D eigenvalue weighted by Gasteiger charge is 2.46. The highest BCUT2D eigenvalue weighted by atomic mass is 35.5. The number of carbonyl (C=O) groups excluding carboxylic acids is 1. The lowest BCUT2D eigenvalue weighted by atomic mass is 9.66. The number of hydrogen-bond donors (Lipinski definition) is 0. The molecule has 0 bridgehead atoms. The lowest BCUT2D eigenvalue weighted by molar-refractivity contribution is -0.386. The van der Waals surface area contributed by atoms with Crippen molar-refractivity contribution in [1.29, 1.82) is 0 Å². The van der Waals surface area contributed by atoms with E-state index in [0.29, 0.717) is 12.8 Å². The number of carbonyl (C=O) groups is 1. The Morgan fingerprint density at radius 1 is 1.63 bits per heavy atom. The number of aromatic nitrogens is 2. The van der Waals surface area contributed by atoms with E-state index < -0.39 is 10.3 Å². The smallest absolute Gasteiger partial charge is 0.312 e. The van der Waals surface area contributed by atoms with Gasteiger partial charge in [0, 0.05) is 6.42 Å². The van der Waals surface area contributed by atoms with Gasteiger partial charge in [-0.05, 0) is 24.4 Å². The molecule has 0 atom stereocenters. The highest BCUT2D eigenvalue weighted by Crippen LogP contribution is 2.45. The summed E-state index contributed by atoms with van der Waals surface area (Å²) >= 11 is 5.66. The van der Waals surface area contributed by atoms with Gasteiger partial charge in [0.25, 0.3) is 0 Å². The van der Waals surface area contributed by atoms with E-state index in [0.717, 1.165) is 12.6 Å². The molecular weight excluding hydrogens is 274 g/mol. The molecule has 1 aromatic heterocycles. The van der Waals surface area contributed by atoms with Crippen LogP contribution in [0.5, 0.6) is 0 Å². The van der Waals surface area contributed by atoms with Gasteiger partial charge in [-0.15, -0.1) is 0 Å². The highest BCUT2D eigenvalue weighted by molar-refractivity contribution is 6.28. The Labute approximate surface area is 114 Å². The molecule has 7 nitrogen and oxygen atoms in total. The largest absolute Gasteiger partial charge is 0.469 e. The summed E-state index contributed by atoms with van der Waals surface area (Å²) in [5.74, 6) is -0.359. The van der Waals surface area contributed by atoms with Gasteiger partial charge < -0.3 is 4.74 Å². The molecule has 102 valence electrons. The summed E-state index contributed by atoms with van der Waals surface area (Å²) in [6, 6.07) is 0. The zero-order valence-corrected chi connectivity index (χ0v) is 11.0. The van der Waals surface area contributed by atoms with E-state index in [-0.39, 0.29) is 29.1 Å². The van der Waals surface area contributed by atoms with Gasteiger partial charge in [-0.1, -0.05) is 6.42 Å². The molecule has 1 aliphatic rings. The summed E-state index contributed by atoms with van der Waals surface area (Å²) in [6.45, 7) is 0. The van der Waals surface area contributed by atoms with Crippen LogP contribution in [0.2, 0.25) is 5.28 Å². The third-order valence-corrected chi connectivity index (χ3v) is 3.63. The second-order valence-electron chi connectivity index (χ2n) is 4.53. The minimum absolute atomic E-state index is 0.0695. The Morgan fingerprint density at radius 2 is 2.32 bits per heavy atom. The van der Waals surface area contributed by atoms with Gasteiger partial charge in [0.05, 0.1) is 17.4 Å². The van der Waals surface area contributed by atoms with E-state index in [1.165, 1.54) is 7.11 Å². The van der Waals surface area contributed by atoms with Crippen molar-refractivity contribution in [2.75, 3.05) is 7.11 Å². The summed E-state index contributed by atoms with van der Waals surface area (Å²) in [4.78, 5) is 29.7. The quantitative estimate of drug-likeness (QED) is 0.363. The first-order chi connectivity index (χ1) is 8.98. The molecule has 1 heterocycles. The first-order valence-electron chi connectivity index (χ1n) is 5.73. The Morgan fingerprint density at radius 3 is 2.79 bits per heavy atom. The Balaban J connectivity index is 2.34. The van der Waals surface area contributed by atoms with E-state index >= 15 is 0 Å². The fourth-order valence-electron chi connectivity index (χ4n) is 2.26. The van der Waals surface area contributed by atoms with Gasteiger partial charge in [-0.2, -0.15) is 0 Å². The molecule has 0 aromatic carbocycles. The second kappa shape index (κ2) is 5.08. The topological polar surface area (TPSA) is 95.2 Å². The summed E-state index contributed by atoms with van der Waals surface area (Å²) in [7, 11) is 1.31. The molecule has 1 saturated carbocycles. The average molecular weight is 286 g/mol. The van der Waals surface area contributed by atoms with E-state index in [4.69, 9.17) is 16.3 Å². The maximum atomic E-state index is 11.8. The summed E-state index contributed by atoms with van der Waals surface area (Å²) in [5.41, 5.74) is -0.758. The van der Waals surface area contributed by atoms with E-state index in [2.05, 4.69) is 9.97 Å². The lowest BCUT2D eigenvalue weighted by Crippen LogP contribution is -2.41. The van der Waals surface area contributed by atoms with Crippen molar-refractivity contribution in [2.24, 2.45) is 5.41 Å². The number of halogens is 1. The van der Waals surface area contributed by atoms with Crippen LogP contribution in [-0.2, 0) is 16.0 Å². The number of nitro groups is 1. The summed E-state index contributed by atoms with van der Waals surface area (Å²) in [6.07, 6.45) is 3.38. The van der Waals surface area contributed by atoms with Gasteiger partial charge in [-0.3, -0.25) is 14.9 Å². The number of methoxy groups -OCH3 is 1. The third kappa shape index (κ3) is 2.51. The van der Waals surface area contributed by atoms with Crippen LogP contribution in [0.25, 0.3) is 0 Å². The molecule has 19 heavy (non-hydrogen) atoms. The molecule has 0 aliphatic heterocycles.